The lowest BCUT2D eigenvalue weighted by Gasteiger charge is -2.31. The molecular weight excluding hydrogens is 350 g/mol. The number of hydrogen-bond acceptors (Lipinski definition) is 5. The van der Waals surface area contributed by atoms with Crippen molar-refractivity contribution in [3.63, 3.8) is 0 Å². The number of anilines is 2. The van der Waals surface area contributed by atoms with E-state index in [-0.39, 0.29) is 11.9 Å². The number of benzene rings is 1. The summed E-state index contributed by atoms with van der Waals surface area (Å²) in [7, 11) is 0. The van der Waals surface area contributed by atoms with E-state index in [9.17, 15) is 10.1 Å². The van der Waals surface area contributed by atoms with Gasteiger partial charge < -0.3 is 15.5 Å². The van der Waals surface area contributed by atoms with Crippen molar-refractivity contribution in [1.82, 2.24) is 4.98 Å². The van der Waals surface area contributed by atoms with E-state index in [1.165, 1.54) is 0 Å². The lowest BCUT2D eigenvalue weighted by Crippen LogP contribution is -2.46. The first kappa shape index (κ1) is 19.8. The molecule has 1 fully saturated rings. The fourth-order valence-corrected chi connectivity index (χ4v) is 3.94. The molecule has 28 heavy (non-hydrogen) atoms. The van der Waals surface area contributed by atoms with Crippen LogP contribution in [0.3, 0.4) is 0 Å². The SMILES string of the molecule is CCN(C(=O)[C@@H]1C[C@@H](N)CN1c1nc(C)cc(C)c1C#N)c1cccc(C)c1. The highest BCUT2D eigenvalue weighted by atomic mass is 16.2. The van der Waals surface area contributed by atoms with Crippen LogP contribution < -0.4 is 15.5 Å². The summed E-state index contributed by atoms with van der Waals surface area (Å²) in [5.41, 5.74) is 10.4. The highest BCUT2D eigenvalue weighted by molar-refractivity contribution is 5.99. The molecule has 1 aromatic carbocycles. The van der Waals surface area contributed by atoms with Gasteiger partial charge in [0.05, 0.1) is 5.56 Å². The van der Waals surface area contributed by atoms with Crippen LogP contribution in [0.15, 0.2) is 30.3 Å². The Balaban J connectivity index is 2.01. The molecule has 0 bridgehead atoms. The van der Waals surface area contributed by atoms with Gasteiger partial charge in [-0.25, -0.2) is 4.98 Å². The lowest BCUT2D eigenvalue weighted by molar-refractivity contribution is -0.119. The van der Waals surface area contributed by atoms with E-state index in [1.807, 2.05) is 62.9 Å². The molecule has 0 spiro atoms. The van der Waals surface area contributed by atoms with Gasteiger partial charge in [-0.15, -0.1) is 0 Å². The summed E-state index contributed by atoms with van der Waals surface area (Å²) in [5.74, 6) is 0.553. The van der Waals surface area contributed by atoms with Gasteiger partial charge in [-0.3, -0.25) is 4.79 Å². The Labute approximate surface area is 166 Å². The maximum Gasteiger partial charge on any atom is 0.249 e. The smallest absolute Gasteiger partial charge is 0.249 e. The molecule has 6 heteroatoms. The lowest BCUT2D eigenvalue weighted by atomic mass is 10.1. The molecule has 6 nitrogen and oxygen atoms in total. The molecule has 0 radical (unpaired) electrons. The maximum atomic E-state index is 13.5. The van der Waals surface area contributed by atoms with E-state index in [0.717, 1.165) is 22.5 Å². The minimum atomic E-state index is -0.434. The van der Waals surface area contributed by atoms with Crippen LogP contribution in [0.5, 0.6) is 0 Å². The zero-order valence-corrected chi connectivity index (χ0v) is 16.9. The van der Waals surface area contributed by atoms with E-state index in [4.69, 9.17) is 5.73 Å². The molecule has 2 atom stereocenters. The van der Waals surface area contributed by atoms with Crippen LogP contribution >= 0.6 is 0 Å². The standard InChI is InChI=1S/C22H27N5O/c1-5-26(18-8-6-7-14(2)9-18)22(28)20-11-17(24)13-27(20)21-19(12-23)15(3)10-16(4)25-21/h6-10,17,20H,5,11,13,24H2,1-4H3/t17-,20+/m1/s1. The number of carbonyl (C=O) groups is 1. The molecule has 2 aromatic rings. The Morgan fingerprint density at radius 2 is 2.11 bits per heavy atom. The van der Waals surface area contributed by atoms with Crippen LogP contribution in [-0.4, -0.2) is 36.1 Å². The second-order valence-corrected chi connectivity index (χ2v) is 7.48. The average Bonchev–Trinajstić information content (AvgIpc) is 3.03. The molecule has 1 aliphatic rings. The topological polar surface area (TPSA) is 86.2 Å². The number of nitriles is 1. The van der Waals surface area contributed by atoms with Crippen molar-refractivity contribution in [2.24, 2.45) is 5.73 Å². The van der Waals surface area contributed by atoms with Crippen molar-refractivity contribution in [3.8, 4) is 6.07 Å². The molecule has 0 unspecified atom stereocenters. The van der Waals surface area contributed by atoms with Gasteiger partial charge in [0.25, 0.3) is 0 Å². The minimum absolute atomic E-state index is 0.00843. The van der Waals surface area contributed by atoms with E-state index in [1.54, 1.807) is 4.90 Å². The predicted octanol–water partition coefficient (Wildman–Crippen LogP) is 2.84. The third kappa shape index (κ3) is 3.71. The monoisotopic (exact) mass is 377 g/mol. The Morgan fingerprint density at radius 3 is 2.75 bits per heavy atom. The summed E-state index contributed by atoms with van der Waals surface area (Å²) in [6.45, 7) is 8.84. The van der Waals surface area contributed by atoms with Crippen molar-refractivity contribution in [2.75, 3.05) is 22.9 Å². The van der Waals surface area contributed by atoms with Crippen LogP contribution in [0.1, 0.15) is 35.7 Å². The van der Waals surface area contributed by atoms with Crippen molar-refractivity contribution >= 4 is 17.4 Å². The average molecular weight is 377 g/mol. The van der Waals surface area contributed by atoms with Crippen LogP contribution in [0.25, 0.3) is 0 Å². The molecule has 1 aliphatic heterocycles. The second-order valence-electron chi connectivity index (χ2n) is 7.48. The fourth-order valence-electron chi connectivity index (χ4n) is 3.94. The molecule has 3 rings (SSSR count). The van der Waals surface area contributed by atoms with Crippen LogP contribution in [-0.2, 0) is 4.79 Å². The van der Waals surface area contributed by atoms with E-state index in [2.05, 4.69) is 11.1 Å². The highest BCUT2D eigenvalue weighted by Gasteiger charge is 2.39. The molecule has 2 heterocycles. The molecule has 1 amide bonds. The molecule has 1 aromatic heterocycles. The number of rotatable bonds is 4. The zero-order chi connectivity index (χ0) is 20.4. The van der Waals surface area contributed by atoms with Gasteiger partial charge in [0.1, 0.15) is 17.9 Å². The summed E-state index contributed by atoms with van der Waals surface area (Å²) in [5, 5.41) is 9.66. The number of amides is 1. The number of likely N-dealkylation sites (N-methyl/N-ethyl adjacent to an activating group) is 1. The van der Waals surface area contributed by atoms with Gasteiger partial charge in [-0.05, 0) is 63.4 Å². The number of carbonyl (C=O) groups excluding carboxylic acids is 1. The van der Waals surface area contributed by atoms with Gasteiger partial charge >= 0.3 is 0 Å². The minimum Gasteiger partial charge on any atom is -0.342 e. The van der Waals surface area contributed by atoms with Gasteiger partial charge in [0.15, 0.2) is 0 Å². The van der Waals surface area contributed by atoms with Crippen molar-refractivity contribution < 1.29 is 4.79 Å². The first-order valence-electron chi connectivity index (χ1n) is 9.64. The number of hydrogen-bond donors (Lipinski definition) is 1. The predicted molar refractivity (Wildman–Crippen MR) is 111 cm³/mol. The van der Waals surface area contributed by atoms with Crippen molar-refractivity contribution in [3.05, 3.63) is 52.7 Å². The quantitative estimate of drug-likeness (QED) is 0.885. The number of aryl methyl sites for hydroxylation is 3. The van der Waals surface area contributed by atoms with E-state index < -0.39 is 6.04 Å². The highest BCUT2D eigenvalue weighted by Crippen LogP contribution is 2.30. The first-order chi connectivity index (χ1) is 13.3. The fraction of sp³-hybridized carbons (Fsp3) is 0.409. The third-order valence-electron chi connectivity index (χ3n) is 5.22. The van der Waals surface area contributed by atoms with E-state index in [0.29, 0.717) is 30.9 Å². The van der Waals surface area contributed by atoms with Crippen LogP contribution in [0.2, 0.25) is 0 Å². The maximum absolute atomic E-state index is 13.5. The molecular formula is C22H27N5O. The van der Waals surface area contributed by atoms with Crippen molar-refractivity contribution in [1.29, 1.82) is 5.26 Å². The third-order valence-corrected chi connectivity index (χ3v) is 5.22. The molecule has 146 valence electrons. The molecule has 0 aliphatic carbocycles. The summed E-state index contributed by atoms with van der Waals surface area (Å²) in [6.07, 6.45) is 0.542. The first-order valence-corrected chi connectivity index (χ1v) is 9.64. The van der Waals surface area contributed by atoms with Gasteiger partial charge in [0, 0.05) is 30.5 Å². The number of nitrogens with two attached hydrogens (primary N) is 1. The molecule has 2 N–H and O–H groups in total. The number of nitrogens with zero attached hydrogens (tertiary/aromatic N) is 4. The Morgan fingerprint density at radius 1 is 1.36 bits per heavy atom. The summed E-state index contributed by atoms with van der Waals surface area (Å²) in [6, 6.07) is 11.5. The zero-order valence-electron chi connectivity index (χ0n) is 16.9. The Hall–Kier alpha value is -2.91. The summed E-state index contributed by atoms with van der Waals surface area (Å²) >= 11 is 0. The van der Waals surface area contributed by atoms with Gasteiger partial charge in [-0.1, -0.05) is 12.1 Å². The normalized spacial score (nSPS) is 18.8. The molecule has 0 saturated carbocycles. The largest absolute Gasteiger partial charge is 0.342 e. The van der Waals surface area contributed by atoms with Crippen LogP contribution in [0, 0.1) is 32.1 Å². The van der Waals surface area contributed by atoms with E-state index >= 15 is 0 Å². The number of pyridine rings is 1. The molecule has 1 saturated heterocycles. The Kier molecular flexibility index (Phi) is 5.66. The summed E-state index contributed by atoms with van der Waals surface area (Å²) in [4.78, 5) is 21.8. The van der Waals surface area contributed by atoms with Crippen LogP contribution in [0.4, 0.5) is 11.5 Å². The summed E-state index contributed by atoms with van der Waals surface area (Å²) < 4.78 is 0. The second kappa shape index (κ2) is 7.99. The number of aromatic nitrogens is 1. The Bertz CT molecular complexity index is 933. The van der Waals surface area contributed by atoms with Gasteiger partial charge in [0.2, 0.25) is 5.91 Å². The van der Waals surface area contributed by atoms with Gasteiger partial charge in [-0.2, -0.15) is 5.26 Å². The van der Waals surface area contributed by atoms with Crippen molar-refractivity contribution in [2.45, 2.75) is 46.2 Å².